The van der Waals surface area contributed by atoms with E-state index in [1.165, 1.54) is 0 Å². The first kappa shape index (κ1) is 16.7. The van der Waals surface area contributed by atoms with Gasteiger partial charge in [-0.2, -0.15) is 4.31 Å². The first-order valence-electron chi connectivity index (χ1n) is 7.99. The van der Waals surface area contributed by atoms with Crippen LogP contribution in [0, 0.1) is 0 Å². The van der Waals surface area contributed by atoms with Gasteiger partial charge < -0.3 is 5.11 Å². The molecule has 3 rings (SSSR count). The van der Waals surface area contributed by atoms with E-state index in [4.69, 9.17) is 0 Å². The summed E-state index contributed by atoms with van der Waals surface area (Å²) in [5.41, 5.74) is 1.44. The van der Waals surface area contributed by atoms with Crippen LogP contribution in [0.3, 0.4) is 0 Å². The molecule has 24 heavy (non-hydrogen) atoms. The molecule has 0 spiro atoms. The van der Waals surface area contributed by atoms with Crippen LogP contribution in [0.15, 0.2) is 58.4 Å². The molecule has 6 heteroatoms. The van der Waals surface area contributed by atoms with Crippen LogP contribution in [0.2, 0.25) is 0 Å². The molecule has 0 atom stereocenters. The van der Waals surface area contributed by atoms with Crippen molar-refractivity contribution >= 4 is 21.9 Å². The van der Waals surface area contributed by atoms with Gasteiger partial charge in [-0.3, -0.25) is 4.99 Å². The van der Waals surface area contributed by atoms with E-state index in [-0.39, 0.29) is 5.75 Å². The van der Waals surface area contributed by atoms with Crippen LogP contribution in [0.4, 0.5) is 5.69 Å². The minimum atomic E-state index is -3.40. The highest BCUT2D eigenvalue weighted by Crippen LogP contribution is 2.23. The third-order valence-electron chi connectivity index (χ3n) is 4.02. The lowest BCUT2D eigenvalue weighted by Gasteiger charge is -2.25. The van der Waals surface area contributed by atoms with Crippen LogP contribution in [-0.4, -0.2) is 37.1 Å². The number of sulfonamides is 1. The topological polar surface area (TPSA) is 70.0 Å². The van der Waals surface area contributed by atoms with Crippen LogP contribution in [0.1, 0.15) is 24.8 Å². The zero-order valence-electron chi connectivity index (χ0n) is 13.3. The smallest absolute Gasteiger partial charge is 0.243 e. The van der Waals surface area contributed by atoms with Crippen molar-refractivity contribution in [3.05, 3.63) is 54.1 Å². The molecule has 126 valence electrons. The minimum absolute atomic E-state index is 0.182. The van der Waals surface area contributed by atoms with E-state index in [9.17, 15) is 13.5 Å². The van der Waals surface area contributed by atoms with Gasteiger partial charge in [-0.05, 0) is 54.8 Å². The first-order valence-corrected chi connectivity index (χ1v) is 9.43. The molecular formula is C18H20N2O3S. The Labute approximate surface area is 142 Å². The summed E-state index contributed by atoms with van der Waals surface area (Å²) < 4.78 is 26.7. The second kappa shape index (κ2) is 7.15. The summed E-state index contributed by atoms with van der Waals surface area (Å²) in [7, 11) is -3.40. The molecule has 5 nitrogen and oxygen atoms in total. The molecule has 0 saturated carbocycles. The summed E-state index contributed by atoms with van der Waals surface area (Å²) >= 11 is 0. The van der Waals surface area contributed by atoms with Crippen molar-refractivity contribution in [3.63, 3.8) is 0 Å². The Morgan fingerprint density at radius 2 is 1.71 bits per heavy atom. The number of rotatable bonds is 4. The number of hydrogen-bond donors (Lipinski definition) is 1. The summed E-state index contributed by atoms with van der Waals surface area (Å²) in [4.78, 5) is 4.61. The fourth-order valence-electron chi connectivity index (χ4n) is 2.71. The molecule has 2 aromatic rings. The number of aliphatic imine (C=N–C) groups is 1. The summed E-state index contributed by atoms with van der Waals surface area (Å²) in [5, 5.41) is 9.43. The van der Waals surface area contributed by atoms with E-state index in [0.29, 0.717) is 23.7 Å². The van der Waals surface area contributed by atoms with Crippen molar-refractivity contribution in [1.29, 1.82) is 0 Å². The van der Waals surface area contributed by atoms with Crippen molar-refractivity contribution in [1.82, 2.24) is 4.31 Å². The first-order chi connectivity index (χ1) is 11.6. The van der Waals surface area contributed by atoms with Crippen LogP contribution < -0.4 is 0 Å². The number of phenols is 1. The molecule has 0 unspecified atom stereocenters. The lowest BCUT2D eigenvalue weighted by atomic mass is 10.2. The molecule has 0 bridgehead atoms. The van der Waals surface area contributed by atoms with Crippen molar-refractivity contribution in [3.8, 4) is 5.75 Å². The Morgan fingerprint density at radius 1 is 1.00 bits per heavy atom. The Hall–Kier alpha value is -2.18. The summed E-state index contributed by atoms with van der Waals surface area (Å²) in [6.07, 6.45) is 4.57. The predicted octanol–water partition coefficient (Wildman–Crippen LogP) is 3.32. The molecule has 0 radical (unpaired) electrons. The van der Waals surface area contributed by atoms with Crippen molar-refractivity contribution < 1.29 is 13.5 Å². The van der Waals surface area contributed by atoms with Gasteiger partial charge in [-0.25, -0.2) is 8.42 Å². The zero-order valence-corrected chi connectivity index (χ0v) is 14.1. The molecule has 1 fully saturated rings. The number of piperidine rings is 1. The molecule has 0 aromatic heterocycles. The maximum Gasteiger partial charge on any atom is 0.243 e. The van der Waals surface area contributed by atoms with Crippen molar-refractivity contribution in [2.75, 3.05) is 13.1 Å². The standard InChI is InChI=1S/C18H20N2O3S/c21-17-6-4-5-15(13-17)14-19-16-7-9-18(10-8-16)24(22,23)20-11-2-1-3-12-20/h4-10,13-14,21H,1-3,11-12H2. The molecule has 0 aliphatic carbocycles. The second-order valence-electron chi connectivity index (χ2n) is 5.81. The average molecular weight is 344 g/mol. The number of hydrogen-bond acceptors (Lipinski definition) is 4. The van der Waals surface area contributed by atoms with E-state index < -0.39 is 10.0 Å². The number of nitrogens with zero attached hydrogens (tertiary/aromatic N) is 2. The highest BCUT2D eigenvalue weighted by molar-refractivity contribution is 7.89. The third-order valence-corrected chi connectivity index (χ3v) is 5.94. The Balaban J connectivity index is 1.75. The SMILES string of the molecule is O=S(=O)(c1ccc(N=Cc2cccc(O)c2)cc1)N1CCCCC1. The summed E-state index contributed by atoms with van der Waals surface area (Å²) in [6, 6.07) is 13.4. The zero-order chi connectivity index (χ0) is 17.0. The molecular weight excluding hydrogens is 324 g/mol. The maximum absolute atomic E-state index is 12.6. The normalized spacial score (nSPS) is 16.5. The van der Waals surface area contributed by atoms with E-state index in [2.05, 4.69) is 4.99 Å². The quantitative estimate of drug-likeness (QED) is 0.865. The third kappa shape index (κ3) is 3.83. The van der Waals surface area contributed by atoms with Gasteiger partial charge in [0.05, 0.1) is 10.6 Å². The van der Waals surface area contributed by atoms with Gasteiger partial charge in [0.1, 0.15) is 5.75 Å². The molecule has 1 N–H and O–H groups in total. The van der Waals surface area contributed by atoms with E-state index in [1.807, 2.05) is 6.07 Å². The summed E-state index contributed by atoms with van der Waals surface area (Å²) in [5.74, 6) is 0.182. The van der Waals surface area contributed by atoms with Gasteiger partial charge in [0.25, 0.3) is 0 Å². The van der Waals surface area contributed by atoms with Gasteiger partial charge in [-0.15, -0.1) is 0 Å². The van der Waals surface area contributed by atoms with E-state index in [0.717, 1.165) is 24.8 Å². The Bertz CT molecular complexity index is 824. The molecule has 1 aliphatic heterocycles. The van der Waals surface area contributed by atoms with Crippen LogP contribution >= 0.6 is 0 Å². The fourth-order valence-corrected chi connectivity index (χ4v) is 4.23. The van der Waals surface area contributed by atoms with E-state index >= 15 is 0 Å². The highest BCUT2D eigenvalue weighted by atomic mass is 32.2. The highest BCUT2D eigenvalue weighted by Gasteiger charge is 2.25. The minimum Gasteiger partial charge on any atom is -0.508 e. The molecule has 1 aliphatic rings. The molecule has 2 aromatic carbocycles. The molecule has 0 amide bonds. The molecule has 1 saturated heterocycles. The average Bonchev–Trinajstić information content (AvgIpc) is 2.61. The van der Waals surface area contributed by atoms with E-state index in [1.54, 1.807) is 53.0 Å². The van der Waals surface area contributed by atoms with Gasteiger partial charge in [-0.1, -0.05) is 18.6 Å². The largest absolute Gasteiger partial charge is 0.508 e. The van der Waals surface area contributed by atoms with Gasteiger partial charge in [0, 0.05) is 19.3 Å². The monoisotopic (exact) mass is 344 g/mol. The van der Waals surface area contributed by atoms with Gasteiger partial charge in [0.15, 0.2) is 0 Å². The predicted molar refractivity (Wildman–Crippen MR) is 94.4 cm³/mol. The number of benzene rings is 2. The number of aromatic hydroxyl groups is 1. The van der Waals surface area contributed by atoms with Crippen molar-refractivity contribution in [2.45, 2.75) is 24.2 Å². The second-order valence-corrected chi connectivity index (χ2v) is 7.75. The van der Waals surface area contributed by atoms with Crippen LogP contribution in [0.25, 0.3) is 0 Å². The maximum atomic E-state index is 12.6. The van der Waals surface area contributed by atoms with Crippen LogP contribution in [-0.2, 0) is 10.0 Å². The van der Waals surface area contributed by atoms with Gasteiger partial charge in [0.2, 0.25) is 10.0 Å². The molecule has 1 heterocycles. The summed E-state index contributed by atoms with van der Waals surface area (Å²) in [6.45, 7) is 1.19. The van der Waals surface area contributed by atoms with Gasteiger partial charge >= 0.3 is 0 Å². The number of phenolic OH excluding ortho intramolecular Hbond substituents is 1. The van der Waals surface area contributed by atoms with Crippen LogP contribution in [0.5, 0.6) is 5.75 Å². The fraction of sp³-hybridized carbons (Fsp3) is 0.278. The lowest BCUT2D eigenvalue weighted by Crippen LogP contribution is -2.35. The Kier molecular flexibility index (Phi) is 4.97. The Morgan fingerprint density at radius 3 is 2.38 bits per heavy atom. The van der Waals surface area contributed by atoms with Crippen molar-refractivity contribution in [2.24, 2.45) is 4.99 Å². The lowest BCUT2D eigenvalue weighted by molar-refractivity contribution is 0.346.